The van der Waals surface area contributed by atoms with E-state index in [9.17, 15) is 0 Å². The molecule has 4 heterocycles. The second-order valence-electron chi connectivity index (χ2n) is 22.0. The van der Waals surface area contributed by atoms with Crippen LogP contribution in [0.1, 0.15) is 84.6 Å². The Labute approximate surface area is 388 Å². The Morgan fingerprint density at radius 3 is 1.50 bits per heavy atom. The van der Waals surface area contributed by atoms with Gasteiger partial charge < -0.3 is 18.6 Å². The van der Waals surface area contributed by atoms with Crippen molar-refractivity contribution in [3.8, 4) is 11.1 Å². The van der Waals surface area contributed by atoms with Crippen LogP contribution in [0.2, 0.25) is 0 Å². The van der Waals surface area contributed by atoms with Crippen molar-refractivity contribution in [2.24, 2.45) is 0 Å². The Hall–Kier alpha value is -6.98. The molecule has 0 saturated heterocycles. The second-order valence-corrected chi connectivity index (χ2v) is 22.0. The molecule has 0 fully saturated rings. The first-order valence-corrected chi connectivity index (χ1v) is 23.5. The van der Waals surface area contributed by atoms with E-state index in [0.717, 1.165) is 55.3 Å². The predicted molar refractivity (Wildman–Crippen MR) is 281 cm³/mol. The number of rotatable bonds is 3. The topological polar surface area (TPSA) is 32.8 Å². The molecule has 4 nitrogen and oxygen atoms in total. The average molecular weight is 859 g/mol. The Balaban J connectivity index is 1.07. The van der Waals surface area contributed by atoms with Gasteiger partial charge in [0.1, 0.15) is 22.3 Å². The molecule has 0 unspecified atom stereocenters. The van der Waals surface area contributed by atoms with Crippen molar-refractivity contribution in [3.05, 3.63) is 174 Å². The highest BCUT2D eigenvalue weighted by Crippen LogP contribution is 2.47. The summed E-state index contributed by atoms with van der Waals surface area (Å²) in [7, 11) is 0. The van der Waals surface area contributed by atoms with Gasteiger partial charge in [-0.3, -0.25) is 0 Å². The summed E-state index contributed by atoms with van der Waals surface area (Å²) in [5.74, 6) is 0. The smallest absolute Gasteiger partial charge is 0.252 e. The molecule has 66 heavy (non-hydrogen) atoms. The number of fused-ring (bicyclic) bond motifs is 10. The van der Waals surface area contributed by atoms with E-state index >= 15 is 0 Å². The van der Waals surface area contributed by atoms with Crippen LogP contribution in [0.3, 0.4) is 0 Å². The van der Waals surface area contributed by atoms with Crippen LogP contribution in [-0.2, 0) is 16.2 Å². The normalized spacial score (nSPS) is 13.8. The van der Waals surface area contributed by atoms with Gasteiger partial charge in [-0.15, -0.1) is 0 Å². The molecule has 0 amide bonds. The number of para-hydroxylation sites is 1. The number of hydrogen-bond acceptors (Lipinski definition) is 4. The molecule has 12 rings (SSSR count). The van der Waals surface area contributed by atoms with Crippen molar-refractivity contribution in [2.45, 2.75) is 85.5 Å². The zero-order chi connectivity index (χ0) is 45.6. The van der Waals surface area contributed by atoms with Gasteiger partial charge >= 0.3 is 0 Å². The highest BCUT2D eigenvalue weighted by atomic mass is 16.3. The fourth-order valence-electron chi connectivity index (χ4n) is 10.7. The molecule has 0 saturated carbocycles. The standard InChI is InChI=1S/C61H55BN2O2/c1-36-29-52-58-53(30-36)64(43-23-25-46-45-24-18-41(61(8,9)10)34-56(45)66-57(46)35-43)51-27-20-40(60(5,6)7)33-49(51)62(58)48-32-39(59(2,3)4)19-26-50(48)63(52)42-21-15-37(16-22-42)38-17-28-55-47(31-38)44-13-11-12-14-54(44)65-55/h11-35H,1-10H3. The lowest BCUT2D eigenvalue weighted by molar-refractivity contribution is 0.587. The summed E-state index contributed by atoms with van der Waals surface area (Å²) in [6.45, 7) is 23.0. The molecule has 2 aromatic heterocycles. The molecule has 324 valence electrons. The van der Waals surface area contributed by atoms with Gasteiger partial charge in [-0.05, 0) is 146 Å². The molecule has 0 spiro atoms. The van der Waals surface area contributed by atoms with Gasteiger partial charge in [0.15, 0.2) is 0 Å². The summed E-state index contributed by atoms with van der Waals surface area (Å²) in [6.07, 6.45) is 0. The first-order chi connectivity index (χ1) is 31.5. The van der Waals surface area contributed by atoms with Gasteiger partial charge in [0, 0.05) is 61.7 Å². The fraction of sp³-hybridized carbons (Fsp3) is 0.213. The number of aryl methyl sites for hydroxylation is 1. The van der Waals surface area contributed by atoms with Crippen LogP contribution >= 0.6 is 0 Å². The van der Waals surface area contributed by atoms with E-state index < -0.39 is 0 Å². The van der Waals surface area contributed by atoms with Crippen LogP contribution in [0.25, 0.3) is 55.0 Å². The molecule has 0 radical (unpaired) electrons. The summed E-state index contributed by atoms with van der Waals surface area (Å²) in [6, 6.07) is 56.8. The van der Waals surface area contributed by atoms with Gasteiger partial charge in [-0.1, -0.05) is 135 Å². The predicted octanol–water partition coefficient (Wildman–Crippen LogP) is 15.4. The Morgan fingerprint density at radius 1 is 0.379 bits per heavy atom. The van der Waals surface area contributed by atoms with E-state index in [-0.39, 0.29) is 23.0 Å². The van der Waals surface area contributed by atoms with Crippen molar-refractivity contribution in [2.75, 3.05) is 9.80 Å². The first kappa shape index (κ1) is 40.5. The molecule has 2 aliphatic heterocycles. The van der Waals surface area contributed by atoms with Crippen molar-refractivity contribution in [3.63, 3.8) is 0 Å². The summed E-state index contributed by atoms with van der Waals surface area (Å²) < 4.78 is 13.0. The van der Waals surface area contributed by atoms with Crippen molar-refractivity contribution < 1.29 is 8.83 Å². The summed E-state index contributed by atoms with van der Waals surface area (Å²) in [4.78, 5) is 5.03. The lowest BCUT2D eigenvalue weighted by Crippen LogP contribution is -2.61. The summed E-state index contributed by atoms with van der Waals surface area (Å²) in [5.41, 5.74) is 22.1. The maximum Gasteiger partial charge on any atom is 0.252 e. The summed E-state index contributed by atoms with van der Waals surface area (Å²) in [5, 5.41) is 4.56. The van der Waals surface area contributed by atoms with E-state index in [0.29, 0.717) is 0 Å². The molecule has 0 N–H and O–H groups in total. The third-order valence-electron chi connectivity index (χ3n) is 14.4. The number of hydrogen-bond donors (Lipinski definition) is 0. The maximum absolute atomic E-state index is 6.76. The van der Waals surface area contributed by atoms with E-state index in [2.05, 4.69) is 219 Å². The first-order valence-electron chi connectivity index (χ1n) is 23.5. The fourth-order valence-corrected chi connectivity index (χ4v) is 10.7. The molecule has 0 atom stereocenters. The molecular weight excluding hydrogens is 803 g/mol. The quantitative estimate of drug-likeness (QED) is 0.166. The molecule has 2 aliphatic rings. The zero-order valence-electron chi connectivity index (χ0n) is 39.7. The number of anilines is 6. The lowest BCUT2D eigenvalue weighted by Gasteiger charge is -2.45. The largest absolute Gasteiger partial charge is 0.456 e. The van der Waals surface area contributed by atoms with Crippen LogP contribution in [0.4, 0.5) is 34.1 Å². The van der Waals surface area contributed by atoms with Crippen LogP contribution in [0.5, 0.6) is 0 Å². The average Bonchev–Trinajstić information content (AvgIpc) is 3.85. The third-order valence-corrected chi connectivity index (χ3v) is 14.4. The minimum Gasteiger partial charge on any atom is -0.456 e. The molecule has 10 aromatic rings. The third kappa shape index (κ3) is 6.27. The molecular formula is C61H55BN2O2. The minimum atomic E-state index is -0.0386. The SMILES string of the molecule is Cc1cc2c3c(c1)N(c1ccc4c(c1)oc1cc(C(C)(C)C)ccc14)c1ccc(C(C)(C)C)cc1B3c1cc(C(C)(C)C)ccc1N2c1ccc(-c2ccc3oc4ccccc4c3c2)cc1. The van der Waals surface area contributed by atoms with E-state index in [1.165, 1.54) is 72.5 Å². The number of nitrogens with zero attached hydrogens (tertiary/aromatic N) is 2. The van der Waals surface area contributed by atoms with Crippen molar-refractivity contribution in [1.29, 1.82) is 0 Å². The highest BCUT2D eigenvalue weighted by Gasteiger charge is 2.44. The van der Waals surface area contributed by atoms with Crippen LogP contribution in [0.15, 0.2) is 160 Å². The van der Waals surface area contributed by atoms with Gasteiger partial charge in [0.05, 0.1) is 0 Å². The molecule has 5 heteroatoms. The number of benzene rings is 8. The highest BCUT2D eigenvalue weighted by molar-refractivity contribution is 7.00. The van der Waals surface area contributed by atoms with Crippen LogP contribution < -0.4 is 26.2 Å². The molecule has 0 aliphatic carbocycles. The Morgan fingerprint density at radius 2 is 0.864 bits per heavy atom. The van der Waals surface area contributed by atoms with Crippen molar-refractivity contribution in [1.82, 2.24) is 0 Å². The maximum atomic E-state index is 6.76. The lowest BCUT2D eigenvalue weighted by atomic mass is 9.33. The zero-order valence-corrected chi connectivity index (χ0v) is 39.7. The molecule has 8 aromatic carbocycles. The van der Waals surface area contributed by atoms with E-state index in [4.69, 9.17) is 8.83 Å². The van der Waals surface area contributed by atoms with E-state index in [1.807, 2.05) is 12.1 Å². The molecule has 0 bridgehead atoms. The Kier molecular flexibility index (Phi) is 8.61. The monoisotopic (exact) mass is 858 g/mol. The van der Waals surface area contributed by atoms with Crippen molar-refractivity contribution >= 4 is 101 Å². The number of furan rings is 2. The Bertz CT molecular complexity index is 3630. The van der Waals surface area contributed by atoms with Gasteiger partial charge in [0.25, 0.3) is 6.71 Å². The summed E-state index contributed by atoms with van der Waals surface area (Å²) >= 11 is 0. The van der Waals surface area contributed by atoms with Gasteiger partial charge in [-0.25, -0.2) is 0 Å². The second kappa shape index (κ2) is 14.0. The van der Waals surface area contributed by atoms with Crippen LogP contribution in [-0.4, -0.2) is 6.71 Å². The van der Waals surface area contributed by atoms with Gasteiger partial charge in [0.2, 0.25) is 0 Å². The van der Waals surface area contributed by atoms with Gasteiger partial charge in [-0.2, -0.15) is 0 Å². The van der Waals surface area contributed by atoms with Crippen LogP contribution in [0, 0.1) is 6.92 Å². The minimum absolute atomic E-state index is 0.0132. The van der Waals surface area contributed by atoms with E-state index in [1.54, 1.807) is 0 Å².